The van der Waals surface area contributed by atoms with E-state index in [0.29, 0.717) is 5.56 Å². The number of halogens is 1. The molecule has 3 N–H and O–H groups in total. The monoisotopic (exact) mass is 486 g/mol. The number of benzene rings is 1. The third-order valence-electron chi connectivity index (χ3n) is 5.15. The normalized spacial score (nSPS) is 14.5. The predicted molar refractivity (Wildman–Crippen MR) is 124 cm³/mol. The molecule has 0 saturated heterocycles. The molecular weight excluding hydrogens is 451 g/mol. The number of nitrogens with zero attached hydrogens (tertiary/aromatic N) is 1. The van der Waals surface area contributed by atoms with Crippen molar-refractivity contribution < 1.29 is 4.79 Å². The summed E-state index contributed by atoms with van der Waals surface area (Å²) in [6.07, 6.45) is 10.5. The molecule has 1 amide bonds. The highest BCUT2D eigenvalue weighted by Crippen LogP contribution is 2.28. The minimum Gasteiger partial charge on any atom is -0.356 e. The van der Waals surface area contributed by atoms with Gasteiger partial charge in [-0.25, -0.2) is 0 Å². The first-order chi connectivity index (χ1) is 12.7. The van der Waals surface area contributed by atoms with Crippen molar-refractivity contribution in [3.63, 3.8) is 0 Å². The van der Waals surface area contributed by atoms with E-state index in [1.807, 2.05) is 24.3 Å². The molecule has 0 unspecified atom stereocenters. The molecule has 1 aromatic rings. The lowest BCUT2D eigenvalue weighted by Gasteiger charge is -2.13. The zero-order valence-corrected chi connectivity index (χ0v) is 19.1. The second kappa shape index (κ2) is 13.8. The molecule has 0 bridgehead atoms. The summed E-state index contributed by atoms with van der Waals surface area (Å²) in [6, 6.07) is 7.76. The molecule has 0 aromatic heterocycles. The Morgan fingerprint density at radius 3 is 2.59 bits per heavy atom. The lowest BCUT2D eigenvalue weighted by Crippen LogP contribution is -2.38. The van der Waals surface area contributed by atoms with Crippen molar-refractivity contribution in [3.8, 4) is 0 Å². The molecule has 0 radical (unpaired) electrons. The topological polar surface area (TPSA) is 65.5 Å². The van der Waals surface area contributed by atoms with Crippen molar-refractivity contribution in [2.75, 3.05) is 27.2 Å². The third kappa shape index (κ3) is 8.95. The van der Waals surface area contributed by atoms with Crippen LogP contribution >= 0.6 is 24.0 Å². The summed E-state index contributed by atoms with van der Waals surface area (Å²) < 4.78 is 0. The Labute approximate surface area is 181 Å². The van der Waals surface area contributed by atoms with Gasteiger partial charge in [0, 0.05) is 32.7 Å². The van der Waals surface area contributed by atoms with E-state index in [1.54, 1.807) is 14.1 Å². The molecule has 5 nitrogen and oxygen atoms in total. The Morgan fingerprint density at radius 2 is 1.89 bits per heavy atom. The number of amides is 1. The maximum atomic E-state index is 11.7. The predicted octanol–water partition coefficient (Wildman–Crippen LogP) is 3.73. The lowest BCUT2D eigenvalue weighted by atomic mass is 10.0. The van der Waals surface area contributed by atoms with E-state index >= 15 is 0 Å². The van der Waals surface area contributed by atoms with E-state index in [4.69, 9.17) is 0 Å². The van der Waals surface area contributed by atoms with Gasteiger partial charge in [-0.15, -0.1) is 24.0 Å². The summed E-state index contributed by atoms with van der Waals surface area (Å²) in [5.74, 6) is 1.79. The minimum absolute atomic E-state index is 0. The summed E-state index contributed by atoms with van der Waals surface area (Å²) in [7, 11) is 3.46. The number of hydrogen-bond acceptors (Lipinski definition) is 2. The highest BCUT2D eigenvalue weighted by atomic mass is 127. The average Bonchev–Trinajstić information content (AvgIpc) is 3.19. The number of aliphatic imine (C=N–C) groups is 1. The number of carbonyl (C=O) groups is 1. The van der Waals surface area contributed by atoms with Gasteiger partial charge in [0.25, 0.3) is 5.91 Å². The standard InChI is InChI=1S/C21H34N4O.HI/c1-22-20(26)19-12-7-11-18(16-19)13-15-25-21(23-2)24-14-6-5-10-17-8-3-4-9-17;/h7,11-12,16-17H,3-6,8-10,13-15H2,1-2H3,(H,22,26)(H2,23,24,25);1H. The van der Waals surface area contributed by atoms with Crippen LogP contribution in [0.15, 0.2) is 29.3 Å². The average molecular weight is 486 g/mol. The first-order valence-corrected chi connectivity index (χ1v) is 9.98. The number of hydrogen-bond donors (Lipinski definition) is 3. The van der Waals surface area contributed by atoms with Crippen molar-refractivity contribution in [1.29, 1.82) is 0 Å². The third-order valence-corrected chi connectivity index (χ3v) is 5.15. The maximum Gasteiger partial charge on any atom is 0.251 e. The van der Waals surface area contributed by atoms with Gasteiger partial charge in [0.1, 0.15) is 0 Å². The summed E-state index contributed by atoms with van der Waals surface area (Å²) in [4.78, 5) is 16.0. The smallest absolute Gasteiger partial charge is 0.251 e. The van der Waals surface area contributed by atoms with Crippen molar-refractivity contribution in [3.05, 3.63) is 35.4 Å². The molecule has 0 aliphatic heterocycles. The van der Waals surface area contributed by atoms with Crippen LogP contribution in [0, 0.1) is 5.92 Å². The van der Waals surface area contributed by atoms with Crippen LogP contribution in [0.1, 0.15) is 60.9 Å². The Kier molecular flexibility index (Phi) is 12.1. The summed E-state index contributed by atoms with van der Waals surface area (Å²) >= 11 is 0. The quantitative estimate of drug-likeness (QED) is 0.216. The largest absolute Gasteiger partial charge is 0.356 e. The molecule has 0 spiro atoms. The molecule has 1 aromatic carbocycles. The molecule has 1 fully saturated rings. The van der Waals surface area contributed by atoms with Gasteiger partial charge in [-0.2, -0.15) is 0 Å². The highest BCUT2D eigenvalue weighted by Gasteiger charge is 2.13. The van der Waals surface area contributed by atoms with Crippen LogP contribution < -0.4 is 16.0 Å². The van der Waals surface area contributed by atoms with E-state index in [2.05, 4.69) is 20.9 Å². The van der Waals surface area contributed by atoms with E-state index in [1.165, 1.54) is 44.9 Å². The van der Waals surface area contributed by atoms with Gasteiger partial charge >= 0.3 is 0 Å². The van der Waals surface area contributed by atoms with E-state index < -0.39 is 0 Å². The van der Waals surface area contributed by atoms with Gasteiger partial charge in [0.2, 0.25) is 0 Å². The van der Waals surface area contributed by atoms with Crippen molar-refractivity contribution >= 4 is 35.8 Å². The summed E-state index contributed by atoms with van der Waals surface area (Å²) in [6.45, 7) is 1.76. The fourth-order valence-electron chi connectivity index (χ4n) is 3.62. The summed E-state index contributed by atoms with van der Waals surface area (Å²) in [5, 5.41) is 9.40. The first kappa shape index (κ1) is 23.7. The Morgan fingerprint density at radius 1 is 1.15 bits per heavy atom. The van der Waals surface area contributed by atoms with Crippen LogP contribution in [0.3, 0.4) is 0 Å². The molecule has 1 aliphatic carbocycles. The summed E-state index contributed by atoms with van der Waals surface area (Å²) in [5.41, 5.74) is 1.85. The van der Waals surface area contributed by atoms with E-state index in [-0.39, 0.29) is 29.9 Å². The second-order valence-corrected chi connectivity index (χ2v) is 7.10. The minimum atomic E-state index is -0.0464. The molecule has 0 heterocycles. The SMILES string of the molecule is CN=C(NCCCCC1CCCC1)NCCc1cccc(C(=O)NC)c1.I. The van der Waals surface area contributed by atoms with Crippen LogP contribution in [0.25, 0.3) is 0 Å². The Balaban J connectivity index is 0.00000364. The molecule has 2 rings (SSSR count). The first-order valence-electron chi connectivity index (χ1n) is 9.98. The molecular formula is C21H35IN4O. The van der Waals surface area contributed by atoms with Crippen LogP contribution in [-0.2, 0) is 6.42 Å². The molecule has 1 saturated carbocycles. The van der Waals surface area contributed by atoms with Gasteiger partial charge in [-0.3, -0.25) is 9.79 Å². The molecule has 6 heteroatoms. The molecule has 27 heavy (non-hydrogen) atoms. The van der Waals surface area contributed by atoms with Crippen LogP contribution in [-0.4, -0.2) is 39.1 Å². The molecule has 0 atom stereocenters. The number of nitrogens with one attached hydrogen (secondary N) is 3. The van der Waals surface area contributed by atoms with Crippen molar-refractivity contribution in [2.45, 2.75) is 51.4 Å². The van der Waals surface area contributed by atoms with Crippen LogP contribution in [0.4, 0.5) is 0 Å². The molecule has 152 valence electrons. The maximum absolute atomic E-state index is 11.7. The van der Waals surface area contributed by atoms with Gasteiger partial charge in [-0.05, 0) is 36.5 Å². The number of rotatable bonds is 9. The van der Waals surface area contributed by atoms with Gasteiger partial charge in [0.05, 0.1) is 0 Å². The number of unbranched alkanes of at least 4 members (excludes halogenated alkanes) is 1. The van der Waals surface area contributed by atoms with Gasteiger partial charge in [0.15, 0.2) is 5.96 Å². The fraction of sp³-hybridized carbons (Fsp3) is 0.619. The van der Waals surface area contributed by atoms with E-state index in [0.717, 1.165) is 37.0 Å². The van der Waals surface area contributed by atoms with Crippen LogP contribution in [0.2, 0.25) is 0 Å². The van der Waals surface area contributed by atoms with Gasteiger partial charge < -0.3 is 16.0 Å². The Hall–Kier alpha value is -1.31. The zero-order chi connectivity index (χ0) is 18.6. The highest BCUT2D eigenvalue weighted by molar-refractivity contribution is 14.0. The Bertz CT molecular complexity index is 585. The molecule has 1 aliphatic rings. The second-order valence-electron chi connectivity index (χ2n) is 7.10. The number of carbonyl (C=O) groups excluding carboxylic acids is 1. The van der Waals surface area contributed by atoms with E-state index in [9.17, 15) is 4.79 Å². The lowest BCUT2D eigenvalue weighted by molar-refractivity contribution is 0.0963. The fourth-order valence-corrected chi connectivity index (χ4v) is 3.62. The van der Waals surface area contributed by atoms with Crippen LogP contribution in [0.5, 0.6) is 0 Å². The van der Waals surface area contributed by atoms with Gasteiger partial charge in [-0.1, -0.05) is 50.7 Å². The zero-order valence-electron chi connectivity index (χ0n) is 16.7. The van der Waals surface area contributed by atoms with Crippen molar-refractivity contribution in [1.82, 2.24) is 16.0 Å². The number of guanidine groups is 1. The van der Waals surface area contributed by atoms with Crippen molar-refractivity contribution in [2.24, 2.45) is 10.9 Å².